The van der Waals surface area contributed by atoms with Gasteiger partial charge in [-0.3, -0.25) is 4.79 Å². The summed E-state index contributed by atoms with van der Waals surface area (Å²) in [5.74, 6) is 1.35. The highest BCUT2D eigenvalue weighted by atomic mass is 32.1. The molecule has 2 aromatic heterocycles. The Bertz CT molecular complexity index is 1160. The maximum Gasteiger partial charge on any atom is 0.267 e. The number of hydrogen-bond acceptors (Lipinski definition) is 4. The van der Waals surface area contributed by atoms with Crippen LogP contribution < -0.4 is 14.8 Å². The summed E-state index contributed by atoms with van der Waals surface area (Å²) in [6.45, 7) is 1.31. The van der Waals surface area contributed by atoms with Crippen LogP contribution >= 0.6 is 11.3 Å². The van der Waals surface area contributed by atoms with Gasteiger partial charge in [-0.05, 0) is 53.6 Å². The smallest absolute Gasteiger partial charge is 0.267 e. The number of aromatic nitrogens is 1. The molecule has 2 aromatic carbocycles. The van der Waals surface area contributed by atoms with Crippen LogP contribution in [0.25, 0.3) is 10.2 Å². The number of nitrogens with one attached hydrogen (secondary N) is 1. The first-order chi connectivity index (χ1) is 15.2. The van der Waals surface area contributed by atoms with Crippen molar-refractivity contribution in [2.24, 2.45) is 0 Å². The first kappa shape index (κ1) is 21.0. The van der Waals surface area contributed by atoms with Crippen LogP contribution in [0.1, 0.15) is 21.6 Å². The normalized spacial score (nSPS) is 10.9. The summed E-state index contributed by atoms with van der Waals surface area (Å²) in [5.41, 5.74) is 4.17. The highest BCUT2D eigenvalue weighted by molar-refractivity contribution is 7.17. The number of carbonyl (C=O) groups excluding carboxylic acids is 1. The van der Waals surface area contributed by atoms with E-state index in [9.17, 15) is 4.79 Å². The lowest BCUT2D eigenvalue weighted by Crippen LogP contribution is -2.28. The Morgan fingerprint density at radius 1 is 0.935 bits per heavy atom. The van der Waals surface area contributed by atoms with Crippen LogP contribution in [0.3, 0.4) is 0 Å². The lowest BCUT2D eigenvalue weighted by Gasteiger charge is -2.12. The molecule has 0 aliphatic carbocycles. The number of methoxy groups -OCH3 is 2. The van der Waals surface area contributed by atoms with E-state index in [2.05, 4.69) is 33.5 Å². The monoisotopic (exact) mass is 434 g/mol. The largest absolute Gasteiger partial charge is 0.493 e. The topological polar surface area (TPSA) is 52.5 Å². The van der Waals surface area contributed by atoms with Crippen molar-refractivity contribution < 1.29 is 14.3 Å². The van der Waals surface area contributed by atoms with Gasteiger partial charge in [0.25, 0.3) is 5.91 Å². The number of aryl methyl sites for hydroxylation is 2. The van der Waals surface area contributed by atoms with Crippen LogP contribution in [0.15, 0.2) is 66.0 Å². The van der Waals surface area contributed by atoms with Crippen molar-refractivity contribution in [3.05, 3.63) is 82.9 Å². The maximum atomic E-state index is 13.0. The molecule has 0 atom stereocenters. The third-order valence-corrected chi connectivity index (χ3v) is 6.22. The minimum absolute atomic E-state index is 0.0445. The molecule has 0 spiro atoms. The van der Waals surface area contributed by atoms with Gasteiger partial charge in [0.1, 0.15) is 5.69 Å². The number of thiophene rings is 1. The van der Waals surface area contributed by atoms with Crippen LogP contribution in [-0.2, 0) is 19.4 Å². The number of rotatable bonds is 9. The van der Waals surface area contributed by atoms with Crippen LogP contribution in [-0.4, -0.2) is 31.2 Å². The summed E-state index contributed by atoms with van der Waals surface area (Å²) in [5, 5.41) is 5.15. The van der Waals surface area contributed by atoms with Gasteiger partial charge in [-0.1, -0.05) is 36.4 Å². The van der Waals surface area contributed by atoms with Gasteiger partial charge in [-0.25, -0.2) is 0 Å². The van der Waals surface area contributed by atoms with E-state index < -0.39 is 0 Å². The Morgan fingerprint density at radius 2 is 1.74 bits per heavy atom. The first-order valence-electron chi connectivity index (χ1n) is 10.3. The van der Waals surface area contributed by atoms with Crippen LogP contribution in [0.4, 0.5) is 0 Å². The Labute approximate surface area is 186 Å². The summed E-state index contributed by atoms with van der Waals surface area (Å²) in [7, 11) is 3.24. The molecule has 0 aliphatic heterocycles. The summed E-state index contributed by atoms with van der Waals surface area (Å²) in [4.78, 5) is 13.0. The van der Waals surface area contributed by atoms with Crippen molar-refractivity contribution in [2.45, 2.75) is 19.4 Å². The molecular formula is C25H26N2O3S. The third-order valence-electron chi connectivity index (χ3n) is 5.37. The van der Waals surface area contributed by atoms with Crippen molar-refractivity contribution in [3.63, 3.8) is 0 Å². The number of fused-ring (bicyclic) bond motifs is 1. The lowest BCUT2D eigenvalue weighted by molar-refractivity contribution is 0.0945. The predicted molar refractivity (Wildman–Crippen MR) is 126 cm³/mol. The number of amides is 1. The fraction of sp³-hybridized carbons (Fsp3) is 0.240. The summed E-state index contributed by atoms with van der Waals surface area (Å²) < 4.78 is 13.9. The molecule has 4 aromatic rings. The zero-order valence-corrected chi connectivity index (χ0v) is 18.6. The molecule has 1 N–H and O–H groups in total. The van der Waals surface area contributed by atoms with E-state index in [4.69, 9.17) is 9.47 Å². The third kappa shape index (κ3) is 4.75. The van der Waals surface area contributed by atoms with Gasteiger partial charge in [0.2, 0.25) is 0 Å². The number of ether oxygens (including phenoxy) is 2. The number of hydrogen-bond donors (Lipinski definition) is 1. The Morgan fingerprint density at radius 3 is 2.52 bits per heavy atom. The molecule has 1 amide bonds. The predicted octanol–water partition coefficient (Wildman–Crippen LogP) is 4.94. The molecule has 0 unspecified atom stereocenters. The standard InChI is InChI=1S/C25H26N2O3S/c1-29-22-9-8-19(16-23(22)30-2)10-13-26-25(28)21-17-24-20(12-15-31-24)27(21)14-11-18-6-4-3-5-7-18/h3-9,12,15-17H,10-11,13-14H2,1-2H3,(H,26,28). The van der Waals surface area contributed by atoms with Crippen molar-refractivity contribution >= 4 is 27.5 Å². The van der Waals surface area contributed by atoms with E-state index in [1.54, 1.807) is 25.6 Å². The average Bonchev–Trinajstić information content (AvgIpc) is 3.40. The Kier molecular flexibility index (Phi) is 6.57. The quantitative estimate of drug-likeness (QED) is 0.406. The minimum Gasteiger partial charge on any atom is -0.493 e. The van der Waals surface area contributed by atoms with E-state index in [0.717, 1.165) is 28.7 Å². The second-order valence-electron chi connectivity index (χ2n) is 7.28. The van der Waals surface area contributed by atoms with Gasteiger partial charge in [0.15, 0.2) is 11.5 Å². The van der Waals surface area contributed by atoms with Gasteiger partial charge >= 0.3 is 0 Å². The SMILES string of the molecule is COc1ccc(CCNC(=O)c2cc3sccc3n2CCc2ccccc2)cc1OC. The molecule has 0 bridgehead atoms. The molecule has 5 nitrogen and oxygen atoms in total. The fourth-order valence-electron chi connectivity index (χ4n) is 3.74. The van der Waals surface area contributed by atoms with E-state index in [-0.39, 0.29) is 5.91 Å². The molecule has 2 heterocycles. The second kappa shape index (κ2) is 9.71. The van der Waals surface area contributed by atoms with Crippen molar-refractivity contribution in [3.8, 4) is 11.5 Å². The molecule has 0 aliphatic rings. The van der Waals surface area contributed by atoms with E-state index in [1.165, 1.54) is 5.56 Å². The maximum absolute atomic E-state index is 13.0. The summed E-state index contributed by atoms with van der Waals surface area (Å²) in [6, 6.07) is 20.3. The molecule has 0 saturated heterocycles. The molecule has 4 rings (SSSR count). The van der Waals surface area contributed by atoms with Crippen molar-refractivity contribution in [1.29, 1.82) is 0 Å². The second-order valence-corrected chi connectivity index (χ2v) is 8.23. The lowest BCUT2D eigenvalue weighted by atomic mass is 10.1. The van der Waals surface area contributed by atoms with Crippen molar-refractivity contribution in [1.82, 2.24) is 9.88 Å². The molecular weight excluding hydrogens is 408 g/mol. The highest BCUT2D eigenvalue weighted by Crippen LogP contribution is 2.28. The molecule has 160 valence electrons. The zero-order valence-electron chi connectivity index (χ0n) is 17.8. The molecule has 31 heavy (non-hydrogen) atoms. The van der Waals surface area contributed by atoms with E-state index in [1.807, 2.05) is 42.5 Å². The van der Waals surface area contributed by atoms with Gasteiger partial charge in [-0.2, -0.15) is 0 Å². The minimum atomic E-state index is -0.0445. The van der Waals surface area contributed by atoms with Gasteiger partial charge in [-0.15, -0.1) is 11.3 Å². The fourth-order valence-corrected chi connectivity index (χ4v) is 4.56. The zero-order chi connectivity index (χ0) is 21.6. The van der Waals surface area contributed by atoms with E-state index >= 15 is 0 Å². The highest BCUT2D eigenvalue weighted by Gasteiger charge is 2.16. The number of carbonyl (C=O) groups is 1. The summed E-state index contributed by atoms with van der Waals surface area (Å²) >= 11 is 1.66. The van der Waals surface area contributed by atoms with Crippen LogP contribution in [0.2, 0.25) is 0 Å². The van der Waals surface area contributed by atoms with Crippen LogP contribution in [0.5, 0.6) is 11.5 Å². The number of benzene rings is 2. The van der Waals surface area contributed by atoms with Gasteiger partial charge in [0, 0.05) is 13.1 Å². The molecule has 0 saturated carbocycles. The number of nitrogens with zero attached hydrogens (tertiary/aromatic N) is 1. The Balaban J connectivity index is 1.43. The van der Waals surface area contributed by atoms with Gasteiger partial charge < -0.3 is 19.4 Å². The molecule has 0 fully saturated rings. The Hall–Kier alpha value is -3.25. The van der Waals surface area contributed by atoms with Crippen LogP contribution in [0, 0.1) is 0 Å². The molecule has 0 radical (unpaired) electrons. The summed E-state index contributed by atoms with van der Waals surface area (Å²) in [6.07, 6.45) is 1.59. The van der Waals surface area contributed by atoms with Gasteiger partial charge in [0.05, 0.1) is 24.4 Å². The molecule has 6 heteroatoms. The average molecular weight is 435 g/mol. The van der Waals surface area contributed by atoms with E-state index in [0.29, 0.717) is 30.2 Å². The first-order valence-corrected chi connectivity index (χ1v) is 11.2. The van der Waals surface area contributed by atoms with Crippen molar-refractivity contribution in [2.75, 3.05) is 20.8 Å².